The lowest BCUT2D eigenvalue weighted by Gasteiger charge is -2.17. The Morgan fingerprint density at radius 1 is 1.33 bits per heavy atom. The lowest BCUT2D eigenvalue weighted by Crippen LogP contribution is -2.40. The van der Waals surface area contributed by atoms with Crippen molar-refractivity contribution in [2.75, 3.05) is 20.3 Å². The Labute approximate surface area is 126 Å². The summed E-state index contributed by atoms with van der Waals surface area (Å²) in [6, 6.07) is 5.18. The third kappa shape index (κ3) is 5.27. The van der Waals surface area contributed by atoms with Crippen molar-refractivity contribution in [2.45, 2.75) is 39.2 Å². The number of amides is 1. The van der Waals surface area contributed by atoms with E-state index in [1.54, 1.807) is 25.3 Å². The molecule has 0 spiro atoms. The van der Waals surface area contributed by atoms with Crippen LogP contribution in [-0.2, 0) is 0 Å². The molecule has 3 N–H and O–H groups in total. The molecular weight excluding hydrogens is 268 g/mol. The van der Waals surface area contributed by atoms with Gasteiger partial charge in [0.1, 0.15) is 0 Å². The van der Waals surface area contributed by atoms with Gasteiger partial charge in [0.2, 0.25) is 0 Å². The molecule has 5 heteroatoms. The topological polar surface area (TPSA) is 73.6 Å². The van der Waals surface area contributed by atoms with E-state index in [0.29, 0.717) is 30.2 Å². The van der Waals surface area contributed by atoms with Crippen molar-refractivity contribution in [1.29, 1.82) is 0 Å². The first kappa shape index (κ1) is 17.3. The first-order valence-corrected chi connectivity index (χ1v) is 7.47. The van der Waals surface area contributed by atoms with Gasteiger partial charge < -0.3 is 20.5 Å². The number of unbranched alkanes of at least 4 members (excludes halogenated alkanes) is 1. The van der Waals surface area contributed by atoms with Gasteiger partial charge in [-0.1, -0.05) is 19.8 Å². The summed E-state index contributed by atoms with van der Waals surface area (Å²) in [5, 5.41) is 2.96. The van der Waals surface area contributed by atoms with E-state index in [4.69, 9.17) is 15.2 Å². The number of methoxy groups -OCH3 is 1. The number of benzene rings is 1. The largest absolute Gasteiger partial charge is 0.493 e. The third-order valence-corrected chi connectivity index (χ3v) is 3.25. The van der Waals surface area contributed by atoms with E-state index in [-0.39, 0.29) is 11.9 Å². The van der Waals surface area contributed by atoms with Gasteiger partial charge in [-0.15, -0.1) is 0 Å². The van der Waals surface area contributed by atoms with Crippen LogP contribution in [0, 0.1) is 0 Å². The maximum absolute atomic E-state index is 12.3. The van der Waals surface area contributed by atoms with Crippen molar-refractivity contribution in [3.8, 4) is 11.5 Å². The number of nitrogens with two attached hydrogens (primary N) is 1. The molecule has 0 bridgehead atoms. The second kappa shape index (κ2) is 9.23. The Balaban J connectivity index is 2.77. The lowest BCUT2D eigenvalue weighted by atomic mass is 10.1. The van der Waals surface area contributed by atoms with Crippen LogP contribution in [0.2, 0.25) is 0 Å². The van der Waals surface area contributed by atoms with Gasteiger partial charge in [-0.05, 0) is 31.5 Å². The smallest absolute Gasteiger partial charge is 0.251 e. The quantitative estimate of drug-likeness (QED) is 0.733. The average Bonchev–Trinajstić information content (AvgIpc) is 2.51. The van der Waals surface area contributed by atoms with Crippen LogP contribution in [0.4, 0.5) is 0 Å². The molecule has 1 amide bonds. The first-order chi connectivity index (χ1) is 10.2. The van der Waals surface area contributed by atoms with Gasteiger partial charge in [0.15, 0.2) is 11.5 Å². The Bertz CT molecular complexity index is 449. The zero-order valence-electron chi connectivity index (χ0n) is 13.1. The van der Waals surface area contributed by atoms with Crippen molar-refractivity contribution in [2.24, 2.45) is 5.73 Å². The normalized spacial score (nSPS) is 11.8. The monoisotopic (exact) mass is 294 g/mol. The number of nitrogens with one attached hydrogen (secondary N) is 1. The predicted octanol–water partition coefficient (Wildman–Crippen LogP) is 2.34. The molecule has 0 saturated carbocycles. The van der Waals surface area contributed by atoms with E-state index in [1.807, 2.05) is 6.92 Å². The zero-order valence-corrected chi connectivity index (χ0v) is 13.1. The molecule has 21 heavy (non-hydrogen) atoms. The Hall–Kier alpha value is -1.75. The molecule has 1 rings (SSSR count). The van der Waals surface area contributed by atoms with Gasteiger partial charge in [-0.3, -0.25) is 4.79 Å². The SMILES string of the molecule is CCCCC(CN)NC(=O)c1ccc(OCC)c(OC)c1. The van der Waals surface area contributed by atoms with Crippen LogP contribution in [0.1, 0.15) is 43.5 Å². The second-order valence-electron chi connectivity index (χ2n) is 4.85. The fourth-order valence-electron chi connectivity index (χ4n) is 2.05. The molecule has 1 aromatic rings. The van der Waals surface area contributed by atoms with Crippen LogP contribution in [0.25, 0.3) is 0 Å². The molecule has 0 radical (unpaired) electrons. The van der Waals surface area contributed by atoms with Crippen LogP contribution in [0.5, 0.6) is 11.5 Å². The number of carbonyl (C=O) groups excluding carboxylic acids is 1. The van der Waals surface area contributed by atoms with Gasteiger partial charge in [0.05, 0.1) is 13.7 Å². The summed E-state index contributed by atoms with van der Waals surface area (Å²) < 4.78 is 10.7. The highest BCUT2D eigenvalue weighted by Gasteiger charge is 2.14. The minimum atomic E-state index is -0.136. The molecule has 0 saturated heterocycles. The van der Waals surface area contributed by atoms with Gasteiger partial charge in [0.25, 0.3) is 5.91 Å². The molecule has 0 aliphatic heterocycles. The molecule has 118 valence electrons. The standard InChI is InChI=1S/C16H26N2O3/c1-4-6-7-13(11-17)18-16(19)12-8-9-14(21-5-2)15(10-12)20-3/h8-10,13H,4-7,11,17H2,1-3H3,(H,18,19). The van der Waals surface area contributed by atoms with E-state index in [9.17, 15) is 4.79 Å². The molecule has 0 aliphatic carbocycles. The lowest BCUT2D eigenvalue weighted by molar-refractivity contribution is 0.0935. The van der Waals surface area contributed by atoms with Gasteiger partial charge in [0, 0.05) is 18.2 Å². The zero-order chi connectivity index (χ0) is 15.7. The molecule has 0 aromatic heterocycles. The van der Waals surface area contributed by atoms with Crippen LogP contribution in [0.15, 0.2) is 18.2 Å². The van der Waals surface area contributed by atoms with Crippen LogP contribution >= 0.6 is 0 Å². The number of ether oxygens (including phenoxy) is 2. The van der Waals surface area contributed by atoms with Crippen molar-refractivity contribution in [1.82, 2.24) is 5.32 Å². The fourth-order valence-corrected chi connectivity index (χ4v) is 2.05. The summed E-state index contributed by atoms with van der Waals surface area (Å²) in [5.74, 6) is 1.06. The summed E-state index contributed by atoms with van der Waals surface area (Å²) in [7, 11) is 1.56. The van der Waals surface area contributed by atoms with Gasteiger partial charge in [-0.2, -0.15) is 0 Å². The molecule has 0 aliphatic rings. The highest BCUT2D eigenvalue weighted by molar-refractivity contribution is 5.95. The van der Waals surface area contributed by atoms with Crippen LogP contribution < -0.4 is 20.5 Å². The number of carbonyl (C=O) groups is 1. The second-order valence-corrected chi connectivity index (χ2v) is 4.85. The highest BCUT2D eigenvalue weighted by Crippen LogP contribution is 2.28. The van der Waals surface area contributed by atoms with E-state index in [1.165, 1.54) is 0 Å². The third-order valence-electron chi connectivity index (χ3n) is 3.25. The summed E-state index contributed by atoms with van der Waals surface area (Å²) in [6.07, 6.45) is 3.03. The Morgan fingerprint density at radius 3 is 2.67 bits per heavy atom. The van der Waals surface area contributed by atoms with E-state index in [2.05, 4.69) is 12.2 Å². The van der Waals surface area contributed by atoms with Crippen molar-refractivity contribution >= 4 is 5.91 Å². The first-order valence-electron chi connectivity index (χ1n) is 7.47. The maximum atomic E-state index is 12.3. The average molecular weight is 294 g/mol. The van der Waals surface area contributed by atoms with Crippen molar-refractivity contribution < 1.29 is 14.3 Å². The summed E-state index contributed by atoms with van der Waals surface area (Å²) >= 11 is 0. The minimum Gasteiger partial charge on any atom is -0.493 e. The van der Waals surface area contributed by atoms with Crippen molar-refractivity contribution in [3.63, 3.8) is 0 Å². The number of rotatable bonds is 9. The Morgan fingerprint density at radius 2 is 2.10 bits per heavy atom. The van der Waals surface area contributed by atoms with E-state index < -0.39 is 0 Å². The molecule has 1 atom stereocenters. The van der Waals surface area contributed by atoms with Gasteiger partial charge in [-0.25, -0.2) is 0 Å². The highest BCUT2D eigenvalue weighted by atomic mass is 16.5. The maximum Gasteiger partial charge on any atom is 0.251 e. The molecule has 1 unspecified atom stereocenters. The van der Waals surface area contributed by atoms with Gasteiger partial charge >= 0.3 is 0 Å². The van der Waals surface area contributed by atoms with Crippen molar-refractivity contribution in [3.05, 3.63) is 23.8 Å². The number of hydrogen-bond donors (Lipinski definition) is 2. The summed E-state index contributed by atoms with van der Waals surface area (Å²) in [4.78, 5) is 12.3. The summed E-state index contributed by atoms with van der Waals surface area (Å²) in [6.45, 7) is 5.01. The summed E-state index contributed by atoms with van der Waals surface area (Å²) in [5.41, 5.74) is 6.25. The molecular formula is C16H26N2O3. The van der Waals surface area contributed by atoms with Crippen LogP contribution in [0.3, 0.4) is 0 Å². The van der Waals surface area contributed by atoms with E-state index >= 15 is 0 Å². The fraction of sp³-hybridized carbons (Fsp3) is 0.562. The molecule has 0 heterocycles. The van der Waals surface area contributed by atoms with E-state index in [0.717, 1.165) is 19.3 Å². The van der Waals surface area contributed by atoms with Crippen LogP contribution in [-0.4, -0.2) is 32.2 Å². The minimum absolute atomic E-state index is 0.00927. The Kier molecular flexibility index (Phi) is 7.61. The predicted molar refractivity (Wildman–Crippen MR) is 84.0 cm³/mol. The molecule has 1 aromatic carbocycles. The number of hydrogen-bond acceptors (Lipinski definition) is 4. The molecule has 5 nitrogen and oxygen atoms in total. The molecule has 0 fully saturated rings.